The summed E-state index contributed by atoms with van der Waals surface area (Å²) < 4.78 is 11.6. The largest absolute Gasteiger partial charge is 0.457 e. The fourth-order valence-corrected chi connectivity index (χ4v) is 3.72. The molecule has 2 aromatic heterocycles. The number of nitrogens with one attached hydrogen (secondary N) is 1. The van der Waals surface area contributed by atoms with Crippen LogP contribution in [-0.4, -0.2) is 10.9 Å². The summed E-state index contributed by atoms with van der Waals surface area (Å²) in [6.07, 6.45) is 0. The molecule has 0 unspecified atom stereocenters. The fourth-order valence-electron chi connectivity index (χ4n) is 3.02. The van der Waals surface area contributed by atoms with Gasteiger partial charge >= 0.3 is 0 Å². The molecule has 6 heteroatoms. The lowest BCUT2D eigenvalue weighted by molar-refractivity contribution is 0.102. The highest BCUT2D eigenvalue weighted by Gasteiger charge is 2.13. The maximum Gasteiger partial charge on any atom is 0.257 e. The number of ether oxygens (including phenoxy) is 1. The van der Waals surface area contributed by atoms with Crippen LogP contribution < -0.4 is 10.1 Å². The minimum absolute atomic E-state index is 0.230. The predicted molar refractivity (Wildman–Crippen MR) is 118 cm³/mol. The number of aromatic nitrogens is 1. The second-order valence-electron chi connectivity index (χ2n) is 6.58. The second-order valence-corrected chi connectivity index (χ2v) is 7.44. The number of hydrogen-bond donors (Lipinski definition) is 1. The van der Waals surface area contributed by atoms with Crippen LogP contribution in [0.1, 0.15) is 10.4 Å². The van der Waals surface area contributed by atoms with Gasteiger partial charge in [0.1, 0.15) is 22.8 Å². The molecule has 0 aliphatic rings. The quantitative estimate of drug-likeness (QED) is 0.353. The fraction of sp³-hybridized carbons (Fsp3) is 0. The standard InChI is InChI=1S/C24H16N2O3S/c27-23(16-10-12-19(13-11-16)28-18-7-2-1-3-8-18)26-24-25-20(15-30-24)22-14-17-6-4-5-9-21(17)29-22/h1-15H,(H,25,26,27). The number of rotatable bonds is 5. The van der Waals surface area contributed by atoms with E-state index in [0.29, 0.717) is 27.9 Å². The summed E-state index contributed by atoms with van der Waals surface area (Å²) in [5, 5.41) is 6.23. The van der Waals surface area contributed by atoms with Crippen LogP contribution in [-0.2, 0) is 0 Å². The van der Waals surface area contributed by atoms with Gasteiger partial charge in [-0.2, -0.15) is 0 Å². The van der Waals surface area contributed by atoms with Gasteiger partial charge in [-0.05, 0) is 48.5 Å². The molecular formula is C24H16N2O3S. The Morgan fingerprint density at radius 2 is 1.63 bits per heavy atom. The topological polar surface area (TPSA) is 64.4 Å². The Bertz CT molecular complexity index is 1270. The summed E-state index contributed by atoms with van der Waals surface area (Å²) in [6, 6.07) is 26.2. The van der Waals surface area contributed by atoms with Crippen molar-refractivity contribution in [1.29, 1.82) is 0 Å². The number of nitrogens with zero attached hydrogens (tertiary/aromatic N) is 1. The zero-order valence-electron chi connectivity index (χ0n) is 15.7. The number of furan rings is 1. The zero-order chi connectivity index (χ0) is 20.3. The first kappa shape index (κ1) is 18.1. The lowest BCUT2D eigenvalue weighted by Crippen LogP contribution is -2.11. The number of anilines is 1. The number of fused-ring (bicyclic) bond motifs is 1. The zero-order valence-corrected chi connectivity index (χ0v) is 16.6. The Hall–Kier alpha value is -3.90. The van der Waals surface area contributed by atoms with Gasteiger partial charge in [0.2, 0.25) is 0 Å². The molecule has 0 radical (unpaired) electrons. The van der Waals surface area contributed by atoms with Crippen molar-refractivity contribution in [2.45, 2.75) is 0 Å². The summed E-state index contributed by atoms with van der Waals surface area (Å²) >= 11 is 1.35. The maximum atomic E-state index is 12.6. The smallest absolute Gasteiger partial charge is 0.257 e. The maximum absolute atomic E-state index is 12.6. The highest BCUT2D eigenvalue weighted by molar-refractivity contribution is 7.14. The van der Waals surface area contributed by atoms with Gasteiger partial charge in [0.05, 0.1) is 0 Å². The van der Waals surface area contributed by atoms with E-state index in [1.165, 1.54) is 11.3 Å². The van der Waals surface area contributed by atoms with E-state index >= 15 is 0 Å². The molecule has 0 bridgehead atoms. The first-order valence-corrected chi connectivity index (χ1v) is 10.2. The third kappa shape index (κ3) is 3.81. The number of thiazole rings is 1. The van der Waals surface area contributed by atoms with Crippen molar-refractivity contribution in [3.63, 3.8) is 0 Å². The Balaban J connectivity index is 1.27. The summed E-state index contributed by atoms with van der Waals surface area (Å²) in [5.74, 6) is 1.86. The Labute approximate surface area is 176 Å². The third-order valence-corrected chi connectivity index (χ3v) is 5.26. The molecule has 0 saturated heterocycles. The number of para-hydroxylation sites is 2. The lowest BCUT2D eigenvalue weighted by atomic mass is 10.2. The van der Waals surface area contributed by atoms with Gasteiger partial charge in [-0.1, -0.05) is 36.4 Å². The molecule has 5 nitrogen and oxygen atoms in total. The van der Waals surface area contributed by atoms with Crippen LogP contribution in [0.5, 0.6) is 11.5 Å². The minimum Gasteiger partial charge on any atom is -0.457 e. The summed E-state index contributed by atoms with van der Waals surface area (Å²) in [6.45, 7) is 0. The van der Waals surface area contributed by atoms with Crippen LogP contribution in [0.25, 0.3) is 22.4 Å². The molecule has 0 atom stereocenters. The van der Waals surface area contributed by atoms with Crippen molar-refractivity contribution in [3.05, 3.63) is 95.9 Å². The number of hydrogen-bond acceptors (Lipinski definition) is 5. The van der Waals surface area contributed by atoms with Crippen molar-refractivity contribution in [3.8, 4) is 23.0 Å². The first-order valence-electron chi connectivity index (χ1n) is 9.33. The van der Waals surface area contributed by atoms with Crippen LogP contribution in [0.4, 0.5) is 5.13 Å². The highest BCUT2D eigenvalue weighted by Crippen LogP contribution is 2.30. The van der Waals surface area contributed by atoms with Gasteiger partial charge in [-0.3, -0.25) is 10.1 Å². The Morgan fingerprint density at radius 3 is 2.43 bits per heavy atom. The third-order valence-electron chi connectivity index (χ3n) is 4.50. The molecule has 0 aliphatic heterocycles. The van der Waals surface area contributed by atoms with Crippen molar-refractivity contribution in [2.75, 3.05) is 5.32 Å². The lowest BCUT2D eigenvalue weighted by Gasteiger charge is -2.06. The predicted octanol–water partition coefficient (Wildman–Crippen LogP) is 6.60. The van der Waals surface area contributed by atoms with Gasteiger partial charge in [0.25, 0.3) is 5.91 Å². The van der Waals surface area contributed by atoms with Crippen LogP contribution in [0.2, 0.25) is 0 Å². The molecule has 0 spiro atoms. The number of benzene rings is 3. The highest BCUT2D eigenvalue weighted by atomic mass is 32.1. The molecule has 1 amide bonds. The van der Waals surface area contributed by atoms with Crippen LogP contribution in [0.15, 0.2) is 94.7 Å². The molecule has 0 fully saturated rings. The normalized spacial score (nSPS) is 10.8. The van der Waals surface area contributed by atoms with E-state index in [1.54, 1.807) is 24.3 Å². The SMILES string of the molecule is O=C(Nc1nc(-c2cc3ccccc3o2)cs1)c1ccc(Oc2ccccc2)cc1. The molecule has 5 aromatic rings. The van der Waals surface area contributed by atoms with E-state index in [2.05, 4.69) is 10.3 Å². The van der Waals surface area contributed by atoms with Gasteiger partial charge in [0.15, 0.2) is 10.9 Å². The molecule has 3 aromatic carbocycles. The molecule has 5 rings (SSSR count). The second kappa shape index (κ2) is 7.85. The van der Waals surface area contributed by atoms with E-state index in [9.17, 15) is 4.79 Å². The molecule has 146 valence electrons. The molecule has 0 saturated carbocycles. The summed E-state index contributed by atoms with van der Waals surface area (Å²) in [5.41, 5.74) is 2.03. The van der Waals surface area contributed by atoms with Crippen molar-refractivity contribution in [2.24, 2.45) is 0 Å². The van der Waals surface area contributed by atoms with Gasteiger partial charge in [0, 0.05) is 16.3 Å². The summed E-state index contributed by atoms with van der Waals surface area (Å²) in [7, 11) is 0. The van der Waals surface area contributed by atoms with E-state index < -0.39 is 0 Å². The van der Waals surface area contributed by atoms with Crippen molar-refractivity contribution < 1.29 is 13.9 Å². The molecule has 2 heterocycles. The van der Waals surface area contributed by atoms with Crippen molar-refractivity contribution >= 4 is 33.3 Å². The average molecular weight is 412 g/mol. The monoisotopic (exact) mass is 412 g/mol. The van der Waals surface area contributed by atoms with E-state index in [-0.39, 0.29) is 5.91 Å². The minimum atomic E-state index is -0.230. The number of carbonyl (C=O) groups excluding carboxylic acids is 1. The van der Waals surface area contributed by atoms with Gasteiger partial charge in [-0.15, -0.1) is 11.3 Å². The Kier molecular flexibility index (Phi) is 4.75. The van der Waals surface area contributed by atoms with E-state index in [4.69, 9.17) is 9.15 Å². The summed E-state index contributed by atoms with van der Waals surface area (Å²) in [4.78, 5) is 17.0. The molecular weight excluding hydrogens is 396 g/mol. The molecule has 1 N–H and O–H groups in total. The average Bonchev–Trinajstić information content (AvgIpc) is 3.42. The van der Waals surface area contributed by atoms with Crippen LogP contribution in [0, 0.1) is 0 Å². The van der Waals surface area contributed by atoms with Gasteiger partial charge < -0.3 is 9.15 Å². The van der Waals surface area contributed by atoms with E-state index in [0.717, 1.165) is 16.7 Å². The van der Waals surface area contributed by atoms with Gasteiger partial charge in [-0.25, -0.2) is 4.98 Å². The van der Waals surface area contributed by atoms with Crippen molar-refractivity contribution in [1.82, 2.24) is 4.98 Å². The molecule has 0 aliphatic carbocycles. The number of amides is 1. The van der Waals surface area contributed by atoms with Crippen LogP contribution in [0.3, 0.4) is 0 Å². The first-order chi connectivity index (χ1) is 14.7. The Morgan fingerprint density at radius 1 is 0.900 bits per heavy atom. The number of carbonyl (C=O) groups is 1. The van der Waals surface area contributed by atoms with E-state index in [1.807, 2.05) is 66.0 Å². The molecule has 30 heavy (non-hydrogen) atoms. The van der Waals surface area contributed by atoms with Crippen LogP contribution >= 0.6 is 11.3 Å².